The predicted octanol–water partition coefficient (Wildman–Crippen LogP) is 1.88. The van der Waals surface area contributed by atoms with E-state index in [9.17, 15) is 0 Å². The van der Waals surface area contributed by atoms with Crippen LogP contribution in [0.25, 0.3) is 0 Å². The molecule has 0 saturated carbocycles. The van der Waals surface area contributed by atoms with Crippen LogP contribution in [0, 0.1) is 23.2 Å². The number of hydrogen-bond acceptors (Lipinski definition) is 2. The molecule has 1 atom stereocenters. The van der Waals surface area contributed by atoms with E-state index < -0.39 is 0 Å². The average Bonchev–Trinajstić information content (AvgIpc) is 2.51. The summed E-state index contributed by atoms with van der Waals surface area (Å²) in [7, 11) is 0. The number of hydrogen-bond donors (Lipinski definition) is 0. The van der Waals surface area contributed by atoms with Gasteiger partial charge in [0.2, 0.25) is 0 Å². The average molecular weight is 166 g/mol. The van der Waals surface area contributed by atoms with Crippen molar-refractivity contribution in [1.29, 1.82) is 5.26 Å². The van der Waals surface area contributed by atoms with Crippen molar-refractivity contribution >= 4 is 0 Å². The van der Waals surface area contributed by atoms with Gasteiger partial charge in [-0.15, -0.1) is 0 Å². The second-order valence-corrected chi connectivity index (χ2v) is 3.99. The monoisotopic (exact) mass is 166 g/mol. The van der Waals surface area contributed by atoms with Crippen molar-refractivity contribution in [2.24, 2.45) is 11.8 Å². The maximum atomic E-state index is 8.88. The third-order valence-corrected chi connectivity index (χ3v) is 2.62. The molecule has 68 valence electrons. The van der Waals surface area contributed by atoms with Gasteiger partial charge < -0.3 is 4.90 Å². The smallest absolute Gasteiger partial charge is 0.0672 e. The van der Waals surface area contributed by atoms with E-state index in [1.807, 2.05) is 0 Å². The summed E-state index contributed by atoms with van der Waals surface area (Å²) >= 11 is 0. The summed E-state index contributed by atoms with van der Waals surface area (Å²) in [5.74, 6) is 0.721. The van der Waals surface area contributed by atoms with Crippen LogP contribution in [0.3, 0.4) is 0 Å². The van der Waals surface area contributed by atoms with E-state index in [4.69, 9.17) is 5.26 Å². The van der Waals surface area contributed by atoms with E-state index >= 15 is 0 Å². The Hall–Kier alpha value is -0.550. The van der Waals surface area contributed by atoms with Gasteiger partial charge >= 0.3 is 0 Å². The molecule has 1 saturated heterocycles. The molecule has 0 N–H and O–H groups in total. The number of nitriles is 1. The largest absolute Gasteiger partial charge is 0.302 e. The lowest BCUT2D eigenvalue weighted by atomic mass is 9.97. The molecule has 0 aromatic rings. The van der Waals surface area contributed by atoms with Gasteiger partial charge in [0.05, 0.1) is 12.0 Å². The molecule has 0 amide bonds. The van der Waals surface area contributed by atoms with Gasteiger partial charge in [0, 0.05) is 6.54 Å². The van der Waals surface area contributed by atoms with Gasteiger partial charge in [-0.05, 0) is 31.8 Å². The Kier molecular flexibility index (Phi) is 3.55. The fraction of sp³-hybridized carbons (Fsp3) is 0.900. The maximum absolute atomic E-state index is 8.88. The van der Waals surface area contributed by atoms with Crippen LogP contribution in [0.15, 0.2) is 0 Å². The minimum atomic E-state index is 0.225. The lowest BCUT2D eigenvalue weighted by molar-refractivity contribution is 0.273. The summed E-state index contributed by atoms with van der Waals surface area (Å²) < 4.78 is 0. The van der Waals surface area contributed by atoms with Crippen molar-refractivity contribution in [3.05, 3.63) is 0 Å². The molecule has 2 nitrogen and oxygen atoms in total. The van der Waals surface area contributed by atoms with Crippen LogP contribution in [0.5, 0.6) is 0 Å². The predicted molar refractivity (Wildman–Crippen MR) is 49.6 cm³/mol. The van der Waals surface area contributed by atoms with Gasteiger partial charge in [0.1, 0.15) is 0 Å². The quantitative estimate of drug-likeness (QED) is 0.640. The fourth-order valence-electron chi connectivity index (χ4n) is 1.64. The Labute approximate surface area is 75.2 Å². The standard InChI is InChI=1S/C10H18N2/c1-9(2)10(7-11)8-12-5-3-4-6-12/h9-10H,3-6,8H2,1-2H3. The summed E-state index contributed by atoms with van der Waals surface area (Å²) in [6.45, 7) is 7.64. The van der Waals surface area contributed by atoms with Crippen LogP contribution < -0.4 is 0 Å². The molecule has 0 aromatic heterocycles. The maximum Gasteiger partial charge on any atom is 0.0672 e. The first-order valence-electron chi connectivity index (χ1n) is 4.86. The molecular formula is C10H18N2. The Balaban J connectivity index is 2.32. The zero-order valence-corrected chi connectivity index (χ0v) is 8.08. The molecule has 12 heavy (non-hydrogen) atoms. The van der Waals surface area contributed by atoms with E-state index in [1.165, 1.54) is 25.9 Å². The highest BCUT2D eigenvalue weighted by atomic mass is 15.1. The fourth-order valence-corrected chi connectivity index (χ4v) is 1.64. The van der Waals surface area contributed by atoms with Crippen LogP contribution in [0.1, 0.15) is 26.7 Å². The summed E-state index contributed by atoms with van der Waals surface area (Å²) in [6, 6.07) is 2.39. The van der Waals surface area contributed by atoms with E-state index in [-0.39, 0.29) is 5.92 Å². The topological polar surface area (TPSA) is 27.0 Å². The van der Waals surface area contributed by atoms with Gasteiger partial charge in [0.15, 0.2) is 0 Å². The van der Waals surface area contributed by atoms with Gasteiger partial charge in [0.25, 0.3) is 0 Å². The SMILES string of the molecule is CC(C)C(C#N)CN1CCCC1. The normalized spacial score (nSPS) is 21.2. The Bertz CT molecular complexity index is 163. The highest BCUT2D eigenvalue weighted by Crippen LogP contribution is 2.15. The molecule has 1 heterocycles. The highest BCUT2D eigenvalue weighted by Gasteiger charge is 2.19. The summed E-state index contributed by atoms with van der Waals surface area (Å²) in [6.07, 6.45) is 2.63. The molecule has 1 aliphatic rings. The number of nitrogens with zero attached hydrogens (tertiary/aromatic N) is 2. The number of rotatable bonds is 3. The van der Waals surface area contributed by atoms with Crippen molar-refractivity contribution in [2.45, 2.75) is 26.7 Å². The summed E-state index contributed by atoms with van der Waals surface area (Å²) in [5, 5.41) is 8.88. The lowest BCUT2D eigenvalue weighted by Crippen LogP contribution is -2.28. The molecule has 1 unspecified atom stereocenters. The Morgan fingerprint density at radius 3 is 2.33 bits per heavy atom. The molecular weight excluding hydrogens is 148 g/mol. The molecule has 0 aromatic carbocycles. The molecule has 2 heteroatoms. The van der Waals surface area contributed by atoms with E-state index in [0.717, 1.165) is 6.54 Å². The lowest BCUT2D eigenvalue weighted by Gasteiger charge is -2.20. The van der Waals surface area contributed by atoms with Gasteiger partial charge in [-0.25, -0.2) is 0 Å². The first kappa shape index (κ1) is 9.54. The van der Waals surface area contributed by atoms with Crippen molar-refractivity contribution in [1.82, 2.24) is 4.90 Å². The first-order chi connectivity index (χ1) is 5.74. The molecule has 0 bridgehead atoms. The van der Waals surface area contributed by atoms with Crippen molar-refractivity contribution in [3.8, 4) is 6.07 Å². The molecule has 0 aliphatic carbocycles. The molecule has 1 rings (SSSR count). The third kappa shape index (κ3) is 2.49. The van der Waals surface area contributed by atoms with Crippen molar-refractivity contribution in [2.75, 3.05) is 19.6 Å². The van der Waals surface area contributed by atoms with Crippen molar-refractivity contribution in [3.63, 3.8) is 0 Å². The molecule has 1 fully saturated rings. The summed E-state index contributed by atoms with van der Waals surface area (Å²) in [4.78, 5) is 2.41. The zero-order valence-electron chi connectivity index (χ0n) is 8.08. The zero-order chi connectivity index (χ0) is 8.97. The molecule has 1 aliphatic heterocycles. The molecule has 0 spiro atoms. The molecule has 0 radical (unpaired) electrons. The second-order valence-electron chi connectivity index (χ2n) is 3.99. The van der Waals surface area contributed by atoms with Crippen LogP contribution in [-0.2, 0) is 0 Å². The Morgan fingerprint density at radius 2 is 1.92 bits per heavy atom. The van der Waals surface area contributed by atoms with Gasteiger partial charge in [-0.3, -0.25) is 0 Å². The van der Waals surface area contributed by atoms with Crippen LogP contribution in [0.4, 0.5) is 0 Å². The second kappa shape index (κ2) is 4.47. The minimum absolute atomic E-state index is 0.225. The summed E-state index contributed by atoms with van der Waals surface area (Å²) in [5.41, 5.74) is 0. The highest BCUT2D eigenvalue weighted by molar-refractivity contribution is 4.88. The van der Waals surface area contributed by atoms with E-state index in [0.29, 0.717) is 5.92 Å². The minimum Gasteiger partial charge on any atom is -0.302 e. The van der Waals surface area contributed by atoms with E-state index in [1.54, 1.807) is 0 Å². The van der Waals surface area contributed by atoms with Crippen molar-refractivity contribution < 1.29 is 0 Å². The number of likely N-dealkylation sites (tertiary alicyclic amines) is 1. The van der Waals surface area contributed by atoms with Crippen LogP contribution in [0.2, 0.25) is 0 Å². The first-order valence-corrected chi connectivity index (χ1v) is 4.86. The van der Waals surface area contributed by atoms with Crippen LogP contribution in [-0.4, -0.2) is 24.5 Å². The Morgan fingerprint density at radius 1 is 1.33 bits per heavy atom. The van der Waals surface area contributed by atoms with Gasteiger partial charge in [-0.2, -0.15) is 5.26 Å². The van der Waals surface area contributed by atoms with Crippen LogP contribution >= 0.6 is 0 Å². The van der Waals surface area contributed by atoms with Gasteiger partial charge in [-0.1, -0.05) is 13.8 Å². The third-order valence-electron chi connectivity index (χ3n) is 2.62. The van der Waals surface area contributed by atoms with E-state index in [2.05, 4.69) is 24.8 Å².